The average molecular weight is 261 g/mol. The molecule has 1 aromatic carbocycles. The second-order valence-corrected chi connectivity index (χ2v) is 4.38. The predicted molar refractivity (Wildman–Crippen MR) is 65.5 cm³/mol. The number of aromatic amines is 1. The van der Waals surface area contributed by atoms with Crippen LogP contribution in [-0.2, 0) is 5.75 Å². The number of H-pyrrole nitrogens is 1. The SMILES string of the molecule is N#Cc1cccc(CSc2nccc(=O)[nH]2)c1F. The van der Waals surface area contributed by atoms with Gasteiger partial charge in [-0.3, -0.25) is 4.79 Å². The van der Waals surface area contributed by atoms with Crippen LogP contribution >= 0.6 is 11.8 Å². The van der Waals surface area contributed by atoms with Gasteiger partial charge in [-0.05, 0) is 11.6 Å². The van der Waals surface area contributed by atoms with Gasteiger partial charge >= 0.3 is 0 Å². The van der Waals surface area contributed by atoms with Crippen molar-refractivity contribution in [2.75, 3.05) is 0 Å². The number of thioether (sulfide) groups is 1. The summed E-state index contributed by atoms with van der Waals surface area (Å²) in [6.45, 7) is 0. The molecule has 0 unspecified atom stereocenters. The molecule has 0 radical (unpaired) electrons. The number of nitrogens with one attached hydrogen (secondary N) is 1. The van der Waals surface area contributed by atoms with Crippen LogP contribution in [0, 0.1) is 17.1 Å². The highest BCUT2D eigenvalue weighted by molar-refractivity contribution is 7.98. The highest BCUT2D eigenvalue weighted by Gasteiger charge is 2.08. The minimum Gasteiger partial charge on any atom is -0.301 e. The molecular weight excluding hydrogens is 253 g/mol. The standard InChI is InChI=1S/C12H8FN3OS/c13-11-8(6-14)2-1-3-9(11)7-18-12-15-5-4-10(17)16-12/h1-5H,7H2,(H,15,16,17). The lowest BCUT2D eigenvalue weighted by Crippen LogP contribution is -2.05. The molecule has 0 aliphatic rings. The quantitative estimate of drug-likeness (QED) is 0.678. The molecule has 90 valence electrons. The maximum atomic E-state index is 13.7. The maximum absolute atomic E-state index is 13.7. The smallest absolute Gasteiger partial charge is 0.251 e. The summed E-state index contributed by atoms with van der Waals surface area (Å²) in [4.78, 5) is 17.5. The van der Waals surface area contributed by atoms with Crippen LogP contribution in [0.2, 0.25) is 0 Å². The summed E-state index contributed by atoms with van der Waals surface area (Å²) in [5.74, 6) is -0.223. The molecule has 0 aliphatic heterocycles. The largest absolute Gasteiger partial charge is 0.301 e. The number of rotatable bonds is 3. The fraction of sp³-hybridized carbons (Fsp3) is 0.0833. The molecule has 0 bridgehead atoms. The zero-order valence-corrected chi connectivity index (χ0v) is 10.00. The molecule has 0 fully saturated rings. The van der Waals surface area contributed by atoms with Crippen LogP contribution in [0.15, 0.2) is 40.4 Å². The monoisotopic (exact) mass is 261 g/mol. The molecule has 0 saturated heterocycles. The van der Waals surface area contributed by atoms with E-state index in [-0.39, 0.29) is 11.1 Å². The zero-order chi connectivity index (χ0) is 13.0. The van der Waals surface area contributed by atoms with Crippen LogP contribution in [-0.4, -0.2) is 9.97 Å². The third-order valence-electron chi connectivity index (χ3n) is 2.21. The molecule has 0 atom stereocenters. The van der Waals surface area contributed by atoms with Crippen molar-refractivity contribution in [1.29, 1.82) is 5.26 Å². The van der Waals surface area contributed by atoms with E-state index in [2.05, 4.69) is 9.97 Å². The highest BCUT2D eigenvalue weighted by atomic mass is 32.2. The summed E-state index contributed by atoms with van der Waals surface area (Å²) >= 11 is 1.20. The molecule has 1 aromatic heterocycles. The average Bonchev–Trinajstić information content (AvgIpc) is 2.38. The van der Waals surface area contributed by atoms with Gasteiger partial charge in [-0.25, -0.2) is 9.37 Å². The molecule has 18 heavy (non-hydrogen) atoms. The van der Waals surface area contributed by atoms with E-state index in [1.54, 1.807) is 18.2 Å². The van der Waals surface area contributed by atoms with E-state index < -0.39 is 5.82 Å². The molecule has 1 N–H and O–H groups in total. The molecule has 0 amide bonds. The number of aromatic nitrogens is 2. The fourth-order valence-electron chi connectivity index (χ4n) is 1.35. The first-order valence-corrected chi connectivity index (χ1v) is 6.05. The van der Waals surface area contributed by atoms with E-state index >= 15 is 0 Å². The minimum absolute atomic E-state index is 0.0163. The van der Waals surface area contributed by atoms with E-state index in [9.17, 15) is 9.18 Å². The molecule has 1 heterocycles. The van der Waals surface area contributed by atoms with Crippen molar-refractivity contribution in [2.45, 2.75) is 10.9 Å². The molecular formula is C12H8FN3OS. The summed E-state index contributed by atoms with van der Waals surface area (Å²) in [7, 11) is 0. The first-order valence-electron chi connectivity index (χ1n) is 5.06. The van der Waals surface area contributed by atoms with Crippen molar-refractivity contribution in [3.05, 3.63) is 57.8 Å². The van der Waals surface area contributed by atoms with Crippen LogP contribution in [0.4, 0.5) is 4.39 Å². The predicted octanol–water partition coefficient (Wildman–Crippen LogP) is 2.07. The van der Waals surface area contributed by atoms with Crippen LogP contribution in [0.5, 0.6) is 0 Å². The summed E-state index contributed by atoms with van der Waals surface area (Å²) in [6, 6.07) is 7.74. The second kappa shape index (κ2) is 5.47. The summed E-state index contributed by atoms with van der Waals surface area (Å²) < 4.78 is 13.7. The molecule has 2 rings (SSSR count). The van der Waals surface area contributed by atoms with E-state index in [0.29, 0.717) is 16.5 Å². The summed E-state index contributed by atoms with van der Waals surface area (Å²) in [5.41, 5.74) is 0.173. The Labute approximate surface area is 107 Å². The van der Waals surface area contributed by atoms with Crippen LogP contribution in [0.3, 0.4) is 0 Å². The van der Waals surface area contributed by atoms with Crippen molar-refractivity contribution in [1.82, 2.24) is 9.97 Å². The van der Waals surface area contributed by atoms with Gasteiger partial charge in [-0.2, -0.15) is 5.26 Å². The molecule has 4 nitrogen and oxygen atoms in total. The Kier molecular flexibility index (Phi) is 3.75. The van der Waals surface area contributed by atoms with Crippen LogP contribution in [0.1, 0.15) is 11.1 Å². The van der Waals surface area contributed by atoms with Crippen molar-refractivity contribution in [3.8, 4) is 6.07 Å². The number of hydrogen-bond acceptors (Lipinski definition) is 4. The van der Waals surface area contributed by atoms with Crippen molar-refractivity contribution in [2.24, 2.45) is 0 Å². The lowest BCUT2D eigenvalue weighted by molar-refractivity contribution is 0.613. The highest BCUT2D eigenvalue weighted by Crippen LogP contribution is 2.21. The Morgan fingerprint density at radius 3 is 3.00 bits per heavy atom. The molecule has 0 saturated carbocycles. The zero-order valence-electron chi connectivity index (χ0n) is 9.18. The van der Waals surface area contributed by atoms with Crippen molar-refractivity contribution >= 4 is 11.8 Å². The third-order valence-corrected chi connectivity index (χ3v) is 3.15. The van der Waals surface area contributed by atoms with E-state index in [1.165, 1.54) is 30.1 Å². The van der Waals surface area contributed by atoms with Gasteiger partial charge in [0.2, 0.25) is 0 Å². The van der Waals surface area contributed by atoms with Gasteiger partial charge in [0.1, 0.15) is 11.9 Å². The molecule has 0 aliphatic carbocycles. The lowest BCUT2D eigenvalue weighted by atomic mass is 10.1. The Morgan fingerprint density at radius 1 is 1.44 bits per heavy atom. The molecule has 2 aromatic rings. The second-order valence-electron chi connectivity index (χ2n) is 3.42. The Morgan fingerprint density at radius 2 is 2.28 bits per heavy atom. The lowest BCUT2D eigenvalue weighted by Gasteiger charge is -2.03. The van der Waals surface area contributed by atoms with Gasteiger partial charge in [0, 0.05) is 18.0 Å². The first kappa shape index (κ1) is 12.3. The fourth-order valence-corrected chi connectivity index (χ4v) is 2.17. The van der Waals surface area contributed by atoms with Crippen LogP contribution < -0.4 is 5.56 Å². The van der Waals surface area contributed by atoms with Gasteiger partial charge in [0.15, 0.2) is 5.16 Å². The Bertz CT molecular complexity index is 663. The first-order chi connectivity index (χ1) is 8.70. The third kappa shape index (κ3) is 2.76. The Hall–Kier alpha value is -2.13. The van der Waals surface area contributed by atoms with E-state index in [4.69, 9.17) is 5.26 Å². The van der Waals surface area contributed by atoms with Gasteiger partial charge in [0.05, 0.1) is 5.56 Å². The van der Waals surface area contributed by atoms with Crippen molar-refractivity contribution < 1.29 is 4.39 Å². The van der Waals surface area contributed by atoms with Crippen molar-refractivity contribution in [3.63, 3.8) is 0 Å². The normalized spacial score (nSPS) is 10.0. The summed E-state index contributed by atoms with van der Waals surface area (Å²) in [6.07, 6.45) is 1.39. The topological polar surface area (TPSA) is 69.5 Å². The van der Waals surface area contributed by atoms with Gasteiger partial charge in [0.25, 0.3) is 5.56 Å². The molecule has 6 heteroatoms. The van der Waals surface area contributed by atoms with Gasteiger partial charge in [-0.15, -0.1) is 0 Å². The maximum Gasteiger partial charge on any atom is 0.251 e. The van der Waals surface area contributed by atoms with Gasteiger partial charge < -0.3 is 4.98 Å². The Balaban J connectivity index is 2.16. The summed E-state index contributed by atoms with van der Waals surface area (Å²) in [5, 5.41) is 9.13. The minimum atomic E-state index is -0.522. The van der Waals surface area contributed by atoms with E-state index in [1.807, 2.05) is 0 Å². The number of hydrogen-bond donors (Lipinski definition) is 1. The number of halogens is 1. The number of benzene rings is 1. The van der Waals surface area contributed by atoms with Crippen LogP contribution in [0.25, 0.3) is 0 Å². The van der Waals surface area contributed by atoms with Gasteiger partial charge in [-0.1, -0.05) is 23.9 Å². The molecule has 0 spiro atoms. The number of nitriles is 1. The number of nitrogens with zero attached hydrogens (tertiary/aromatic N) is 2. The van der Waals surface area contributed by atoms with E-state index in [0.717, 1.165) is 0 Å².